The van der Waals surface area contributed by atoms with Crippen molar-refractivity contribution in [2.45, 2.75) is 31.5 Å². The normalized spacial score (nSPS) is 23.2. The second-order valence-corrected chi connectivity index (χ2v) is 7.83. The lowest BCUT2D eigenvalue weighted by Gasteiger charge is -2.36. The molecular weight excluding hydrogens is 353 g/mol. The number of hydrogen-bond acceptors (Lipinski definition) is 5. The maximum atomic E-state index is 13.1. The van der Waals surface area contributed by atoms with E-state index in [9.17, 15) is 9.50 Å². The topological polar surface area (TPSA) is 68.3 Å². The number of benzene rings is 1. The van der Waals surface area contributed by atoms with Crippen molar-refractivity contribution in [3.05, 3.63) is 63.9 Å². The van der Waals surface area contributed by atoms with E-state index in [1.807, 2.05) is 16.1 Å². The molecule has 1 saturated heterocycles. The van der Waals surface area contributed by atoms with Crippen LogP contribution in [-0.4, -0.2) is 38.4 Å². The number of tetrazole rings is 1. The van der Waals surface area contributed by atoms with Crippen molar-refractivity contribution in [3.63, 3.8) is 0 Å². The molecule has 26 heavy (non-hydrogen) atoms. The van der Waals surface area contributed by atoms with Crippen molar-refractivity contribution in [2.75, 3.05) is 13.1 Å². The summed E-state index contributed by atoms with van der Waals surface area (Å²) in [7, 11) is 0. The van der Waals surface area contributed by atoms with Gasteiger partial charge >= 0.3 is 0 Å². The highest BCUT2D eigenvalue weighted by Crippen LogP contribution is 2.29. The molecule has 2 N–H and O–H groups in total. The zero-order valence-corrected chi connectivity index (χ0v) is 15.1. The van der Waals surface area contributed by atoms with Crippen LogP contribution in [0.3, 0.4) is 0 Å². The van der Waals surface area contributed by atoms with Crippen LogP contribution in [0.5, 0.6) is 0 Å². The van der Waals surface area contributed by atoms with Crippen molar-refractivity contribution in [2.24, 2.45) is 0 Å². The number of piperidine rings is 1. The van der Waals surface area contributed by atoms with Gasteiger partial charge in [0.05, 0.1) is 19.6 Å². The maximum absolute atomic E-state index is 13.1. The molecule has 0 amide bonds. The molecule has 3 heterocycles. The van der Waals surface area contributed by atoms with E-state index in [2.05, 4.69) is 21.6 Å². The van der Waals surface area contributed by atoms with Gasteiger partial charge in [-0.15, -0.1) is 16.4 Å². The summed E-state index contributed by atoms with van der Waals surface area (Å²) in [5, 5.41) is 25.1. The van der Waals surface area contributed by atoms with Crippen molar-refractivity contribution >= 4 is 11.3 Å². The standard InChI is InChI=1S/C18H20FN5OS/c19-15-5-3-14(4-6-15)18(25)7-9-23(10-8-18)13-17-20-21-22-24(17)12-16-2-1-11-26-16/h1-6,11,25H,7-10,12-13H2/p+1. The Morgan fingerprint density at radius 3 is 2.65 bits per heavy atom. The SMILES string of the molecule is OC1(c2ccc(F)cc2)CC[NH+](Cc2nnnn2Cc2cccs2)CC1. The van der Waals surface area contributed by atoms with Crippen LogP contribution in [0, 0.1) is 5.82 Å². The molecule has 0 bridgehead atoms. The van der Waals surface area contributed by atoms with E-state index in [1.54, 1.807) is 23.5 Å². The van der Waals surface area contributed by atoms with Crippen LogP contribution in [0.4, 0.5) is 4.39 Å². The Kier molecular flexibility index (Phi) is 4.80. The number of thiophene rings is 1. The molecule has 2 aromatic heterocycles. The summed E-state index contributed by atoms with van der Waals surface area (Å²) < 4.78 is 15.0. The first-order valence-electron chi connectivity index (χ1n) is 8.72. The lowest BCUT2D eigenvalue weighted by Crippen LogP contribution is -3.12. The summed E-state index contributed by atoms with van der Waals surface area (Å²) in [5.41, 5.74) is -0.0828. The van der Waals surface area contributed by atoms with E-state index in [4.69, 9.17) is 0 Å². The largest absolute Gasteiger partial charge is 0.385 e. The number of aliphatic hydroxyl groups is 1. The fourth-order valence-electron chi connectivity index (χ4n) is 3.49. The van der Waals surface area contributed by atoms with Crippen LogP contribution in [0.1, 0.15) is 29.1 Å². The van der Waals surface area contributed by atoms with Gasteiger partial charge in [-0.05, 0) is 39.6 Å². The number of nitrogens with zero attached hydrogens (tertiary/aromatic N) is 4. The lowest BCUT2D eigenvalue weighted by molar-refractivity contribution is -0.922. The number of aromatic nitrogens is 4. The summed E-state index contributed by atoms with van der Waals surface area (Å²) >= 11 is 1.69. The fourth-order valence-corrected chi connectivity index (χ4v) is 4.18. The molecule has 1 aromatic carbocycles. The Labute approximate surface area is 154 Å². The van der Waals surface area contributed by atoms with E-state index in [-0.39, 0.29) is 5.82 Å². The Balaban J connectivity index is 1.38. The first-order valence-corrected chi connectivity index (χ1v) is 9.60. The van der Waals surface area contributed by atoms with Crippen molar-refractivity contribution < 1.29 is 14.4 Å². The Morgan fingerprint density at radius 2 is 1.96 bits per heavy atom. The lowest BCUT2D eigenvalue weighted by atomic mass is 9.84. The Morgan fingerprint density at radius 1 is 1.19 bits per heavy atom. The zero-order chi connectivity index (χ0) is 18.0. The van der Waals surface area contributed by atoms with E-state index in [0.717, 1.165) is 31.0 Å². The van der Waals surface area contributed by atoms with E-state index < -0.39 is 5.60 Å². The van der Waals surface area contributed by atoms with Crippen LogP contribution >= 0.6 is 11.3 Å². The second kappa shape index (κ2) is 7.22. The van der Waals surface area contributed by atoms with Gasteiger partial charge in [-0.3, -0.25) is 0 Å². The summed E-state index contributed by atoms with van der Waals surface area (Å²) in [5.74, 6) is 0.582. The minimum Gasteiger partial charge on any atom is -0.385 e. The molecule has 0 unspecified atom stereocenters. The van der Waals surface area contributed by atoms with E-state index in [1.165, 1.54) is 21.9 Å². The van der Waals surface area contributed by atoms with E-state index in [0.29, 0.717) is 19.4 Å². The van der Waals surface area contributed by atoms with Gasteiger partial charge in [0.25, 0.3) is 0 Å². The fraction of sp³-hybridized carbons (Fsp3) is 0.389. The first-order chi connectivity index (χ1) is 12.6. The van der Waals surface area contributed by atoms with E-state index >= 15 is 0 Å². The minimum absolute atomic E-state index is 0.280. The quantitative estimate of drug-likeness (QED) is 0.699. The molecule has 3 aromatic rings. The highest BCUT2D eigenvalue weighted by molar-refractivity contribution is 7.09. The Hall–Kier alpha value is -2.16. The molecule has 1 aliphatic rings. The molecule has 8 heteroatoms. The molecule has 0 saturated carbocycles. The molecule has 0 spiro atoms. The first kappa shape index (κ1) is 17.3. The van der Waals surface area contributed by atoms with Crippen LogP contribution in [-0.2, 0) is 18.7 Å². The summed E-state index contributed by atoms with van der Waals surface area (Å²) in [6.45, 7) is 3.06. The van der Waals surface area contributed by atoms with Crippen LogP contribution in [0.15, 0.2) is 41.8 Å². The number of quaternary nitrogens is 1. The maximum Gasteiger partial charge on any atom is 0.206 e. The molecule has 0 atom stereocenters. The predicted octanol–water partition coefficient (Wildman–Crippen LogP) is 0.988. The van der Waals surface area contributed by atoms with Crippen LogP contribution in [0.25, 0.3) is 0 Å². The van der Waals surface area contributed by atoms with Crippen molar-refractivity contribution in [1.29, 1.82) is 0 Å². The summed E-state index contributed by atoms with van der Waals surface area (Å²) in [6, 6.07) is 10.3. The zero-order valence-electron chi connectivity index (χ0n) is 14.3. The van der Waals surface area contributed by atoms with Crippen molar-refractivity contribution in [3.8, 4) is 0 Å². The minimum atomic E-state index is -0.875. The number of nitrogens with one attached hydrogen (secondary N) is 1. The smallest absolute Gasteiger partial charge is 0.206 e. The molecule has 1 aliphatic heterocycles. The summed E-state index contributed by atoms with van der Waals surface area (Å²) in [4.78, 5) is 2.57. The molecule has 1 fully saturated rings. The van der Waals surface area contributed by atoms with Crippen molar-refractivity contribution in [1.82, 2.24) is 20.2 Å². The predicted molar refractivity (Wildman–Crippen MR) is 95.2 cm³/mol. The third kappa shape index (κ3) is 3.67. The molecular formula is C18H21FN5OS+. The molecule has 0 aliphatic carbocycles. The average Bonchev–Trinajstić information content (AvgIpc) is 3.31. The van der Waals surface area contributed by atoms with Crippen LogP contribution in [0.2, 0.25) is 0 Å². The van der Waals surface area contributed by atoms with Crippen LogP contribution < -0.4 is 4.90 Å². The van der Waals surface area contributed by atoms with Gasteiger partial charge in [0.1, 0.15) is 18.0 Å². The third-order valence-electron chi connectivity index (χ3n) is 5.07. The molecule has 6 nitrogen and oxygen atoms in total. The Bertz CT molecular complexity index is 841. The average molecular weight is 374 g/mol. The van der Waals surface area contributed by atoms with Gasteiger partial charge in [0, 0.05) is 17.7 Å². The van der Waals surface area contributed by atoms with Gasteiger partial charge in [0.15, 0.2) is 0 Å². The highest BCUT2D eigenvalue weighted by Gasteiger charge is 2.36. The number of halogens is 1. The molecule has 136 valence electrons. The number of hydrogen-bond donors (Lipinski definition) is 2. The molecule has 0 radical (unpaired) electrons. The van der Waals surface area contributed by atoms with Gasteiger partial charge < -0.3 is 10.0 Å². The highest BCUT2D eigenvalue weighted by atomic mass is 32.1. The van der Waals surface area contributed by atoms with Gasteiger partial charge in [-0.25, -0.2) is 9.07 Å². The second-order valence-electron chi connectivity index (χ2n) is 6.80. The van der Waals surface area contributed by atoms with Gasteiger partial charge in [-0.1, -0.05) is 18.2 Å². The third-order valence-corrected chi connectivity index (χ3v) is 5.93. The van der Waals surface area contributed by atoms with Gasteiger partial charge in [-0.2, -0.15) is 0 Å². The van der Waals surface area contributed by atoms with Gasteiger partial charge in [0.2, 0.25) is 5.82 Å². The molecule has 4 rings (SSSR count). The monoisotopic (exact) mass is 374 g/mol. The summed E-state index contributed by atoms with van der Waals surface area (Å²) in [6.07, 6.45) is 1.28. The number of rotatable bonds is 5. The number of likely N-dealkylation sites (tertiary alicyclic amines) is 1.